The number of aliphatic hydroxyl groups excluding tert-OH is 1. The number of piperazine rings is 1. The van der Waals surface area contributed by atoms with Crippen LogP contribution in [0.2, 0.25) is 0 Å². The lowest BCUT2D eigenvalue weighted by Gasteiger charge is -2.44. The van der Waals surface area contributed by atoms with Crippen LogP contribution in [0.3, 0.4) is 0 Å². The summed E-state index contributed by atoms with van der Waals surface area (Å²) in [7, 11) is 0. The molecule has 1 fully saturated rings. The molecule has 1 aliphatic carbocycles. The fourth-order valence-electron chi connectivity index (χ4n) is 4.31. The molecule has 2 aromatic carbocycles. The number of aliphatic hydroxyl groups is 1. The van der Waals surface area contributed by atoms with E-state index in [1.165, 1.54) is 25.9 Å². The average molecular weight is 448 g/mol. The Morgan fingerprint density at radius 1 is 0.960 bits per heavy atom. The number of hydrogen-bond donors (Lipinski definition) is 1. The van der Waals surface area contributed by atoms with Crippen molar-refractivity contribution in [3.05, 3.63) is 62.7 Å². The van der Waals surface area contributed by atoms with Gasteiger partial charge in [0, 0.05) is 47.9 Å². The van der Waals surface area contributed by atoms with Gasteiger partial charge in [-0.3, -0.25) is 4.90 Å². The second-order valence-corrected chi connectivity index (χ2v) is 8.39. The topological polar surface area (TPSA) is 26.7 Å². The van der Waals surface area contributed by atoms with E-state index in [2.05, 4.69) is 81.8 Å². The number of halogens is 1. The van der Waals surface area contributed by atoms with Crippen LogP contribution >= 0.6 is 22.6 Å². The molecule has 0 unspecified atom stereocenters. The van der Waals surface area contributed by atoms with Crippen LogP contribution in [0.25, 0.3) is 0 Å². The summed E-state index contributed by atoms with van der Waals surface area (Å²) in [5, 5.41) is 10.7. The molecular weight excluding hydrogens is 423 g/mol. The summed E-state index contributed by atoms with van der Waals surface area (Å²) in [6.45, 7) is 6.30. The van der Waals surface area contributed by atoms with Gasteiger partial charge in [-0.05, 0) is 64.8 Å². The van der Waals surface area contributed by atoms with Gasteiger partial charge in [0.1, 0.15) is 0 Å². The van der Waals surface area contributed by atoms with E-state index in [0.29, 0.717) is 0 Å². The second kappa shape index (κ2) is 7.25. The molecular formula is C21H25IN2O. The molecule has 1 N–H and O–H groups in total. The number of benzene rings is 2. The molecule has 0 amide bonds. The Morgan fingerprint density at radius 3 is 2.48 bits per heavy atom. The van der Waals surface area contributed by atoms with E-state index in [9.17, 15) is 5.11 Å². The van der Waals surface area contributed by atoms with E-state index in [1.54, 1.807) is 0 Å². The van der Waals surface area contributed by atoms with E-state index >= 15 is 0 Å². The second-order valence-electron chi connectivity index (χ2n) is 7.23. The van der Waals surface area contributed by atoms with Crippen molar-refractivity contribution >= 4 is 28.3 Å². The van der Waals surface area contributed by atoms with Gasteiger partial charge in [0.15, 0.2) is 0 Å². The van der Waals surface area contributed by atoms with Gasteiger partial charge in [-0.1, -0.05) is 30.3 Å². The number of aryl methyl sites for hydroxylation is 1. The zero-order valence-corrected chi connectivity index (χ0v) is 16.8. The first-order chi connectivity index (χ1) is 12.1. The summed E-state index contributed by atoms with van der Waals surface area (Å²) in [5.41, 5.74) is 5.47. The minimum Gasteiger partial charge on any atom is -0.391 e. The maximum Gasteiger partial charge on any atom is 0.0739 e. The van der Waals surface area contributed by atoms with Crippen molar-refractivity contribution in [1.29, 1.82) is 0 Å². The molecule has 132 valence electrons. The third-order valence-corrected chi connectivity index (χ3v) is 6.75. The van der Waals surface area contributed by atoms with E-state index in [4.69, 9.17) is 0 Å². The fourth-order valence-corrected chi connectivity index (χ4v) is 5.09. The molecule has 1 saturated heterocycles. The molecule has 1 aliphatic heterocycles. The molecule has 0 bridgehead atoms. The number of hydrogen-bond acceptors (Lipinski definition) is 3. The van der Waals surface area contributed by atoms with Crippen LogP contribution in [0.1, 0.15) is 16.7 Å². The summed E-state index contributed by atoms with van der Waals surface area (Å²) in [6.07, 6.45) is 1.50. The van der Waals surface area contributed by atoms with E-state index < -0.39 is 0 Å². The summed E-state index contributed by atoms with van der Waals surface area (Å²) >= 11 is 2.44. The van der Waals surface area contributed by atoms with Gasteiger partial charge < -0.3 is 10.0 Å². The molecule has 3 nitrogen and oxygen atoms in total. The third-order valence-electron chi connectivity index (χ3n) is 5.74. The van der Waals surface area contributed by atoms with Crippen LogP contribution in [0.5, 0.6) is 0 Å². The molecule has 0 saturated carbocycles. The van der Waals surface area contributed by atoms with E-state index in [1.807, 2.05) is 0 Å². The predicted octanol–water partition coefficient (Wildman–Crippen LogP) is 3.25. The molecule has 25 heavy (non-hydrogen) atoms. The molecule has 0 spiro atoms. The van der Waals surface area contributed by atoms with E-state index in [0.717, 1.165) is 39.0 Å². The highest BCUT2D eigenvalue weighted by molar-refractivity contribution is 14.1. The van der Waals surface area contributed by atoms with Crippen LogP contribution in [0.4, 0.5) is 5.69 Å². The smallest absolute Gasteiger partial charge is 0.0739 e. The Morgan fingerprint density at radius 2 is 1.72 bits per heavy atom. The van der Waals surface area contributed by atoms with Crippen molar-refractivity contribution in [3.63, 3.8) is 0 Å². The van der Waals surface area contributed by atoms with Crippen LogP contribution in [-0.4, -0.2) is 48.3 Å². The van der Waals surface area contributed by atoms with Gasteiger partial charge in [-0.15, -0.1) is 0 Å². The first-order valence-electron chi connectivity index (χ1n) is 9.12. The van der Waals surface area contributed by atoms with Crippen molar-refractivity contribution in [2.45, 2.75) is 31.9 Å². The van der Waals surface area contributed by atoms with Crippen molar-refractivity contribution in [2.24, 2.45) is 0 Å². The number of rotatable bonds is 2. The quantitative estimate of drug-likeness (QED) is 0.715. The first kappa shape index (κ1) is 17.3. The highest BCUT2D eigenvalue weighted by Gasteiger charge is 2.34. The van der Waals surface area contributed by atoms with Crippen molar-refractivity contribution in [2.75, 3.05) is 31.1 Å². The Kier molecular flexibility index (Phi) is 5.02. The van der Waals surface area contributed by atoms with Gasteiger partial charge >= 0.3 is 0 Å². The van der Waals surface area contributed by atoms with E-state index in [-0.39, 0.29) is 12.1 Å². The summed E-state index contributed by atoms with van der Waals surface area (Å²) in [5.74, 6) is 0. The number of para-hydroxylation sites is 1. The van der Waals surface area contributed by atoms with Crippen molar-refractivity contribution < 1.29 is 5.11 Å². The molecule has 4 rings (SSSR count). The third kappa shape index (κ3) is 3.44. The average Bonchev–Trinajstić information content (AvgIpc) is 2.62. The van der Waals surface area contributed by atoms with Crippen LogP contribution in [0, 0.1) is 10.5 Å². The summed E-state index contributed by atoms with van der Waals surface area (Å²) in [4.78, 5) is 4.99. The maximum absolute atomic E-state index is 10.7. The number of fused-ring (bicyclic) bond motifs is 1. The summed E-state index contributed by atoms with van der Waals surface area (Å²) < 4.78 is 1.34. The lowest BCUT2D eigenvalue weighted by Crippen LogP contribution is -2.56. The molecule has 1 heterocycles. The lowest BCUT2D eigenvalue weighted by atomic mass is 9.85. The Hall–Kier alpha value is -1.11. The predicted molar refractivity (Wildman–Crippen MR) is 111 cm³/mol. The normalized spacial score (nSPS) is 24.2. The first-order valence-corrected chi connectivity index (χ1v) is 10.2. The highest BCUT2D eigenvalue weighted by Crippen LogP contribution is 2.30. The van der Waals surface area contributed by atoms with Crippen LogP contribution in [0.15, 0.2) is 42.5 Å². The fraction of sp³-hybridized carbons (Fsp3) is 0.429. The molecule has 0 aromatic heterocycles. The van der Waals surface area contributed by atoms with Crippen molar-refractivity contribution in [1.82, 2.24) is 4.90 Å². The zero-order valence-electron chi connectivity index (χ0n) is 14.7. The lowest BCUT2D eigenvalue weighted by molar-refractivity contribution is 0.0393. The standard InChI is InChI=1S/C21H25IN2O/c1-15-5-2-3-8-19(15)23-9-11-24(12-10-23)20-14-17-16(13-21(20)25)6-4-7-18(17)22/h2-8,20-21,25H,9-14H2,1H3/t20-,21-/m1/s1. The highest BCUT2D eigenvalue weighted by atomic mass is 127. The van der Waals surface area contributed by atoms with Crippen molar-refractivity contribution in [3.8, 4) is 0 Å². The monoisotopic (exact) mass is 448 g/mol. The summed E-state index contributed by atoms with van der Waals surface area (Å²) in [6, 6.07) is 15.4. The number of nitrogens with zero attached hydrogens (tertiary/aromatic N) is 2. The van der Waals surface area contributed by atoms with Crippen LogP contribution < -0.4 is 4.90 Å². The Labute approximate surface area is 163 Å². The minimum absolute atomic E-state index is 0.252. The Bertz CT molecular complexity index is 755. The van der Waals surface area contributed by atoms with Gasteiger partial charge in [0.05, 0.1) is 6.10 Å². The van der Waals surface area contributed by atoms with Gasteiger partial charge in [0.2, 0.25) is 0 Å². The number of anilines is 1. The molecule has 0 radical (unpaired) electrons. The Balaban J connectivity index is 1.46. The van der Waals surface area contributed by atoms with Crippen LogP contribution in [-0.2, 0) is 12.8 Å². The molecule has 2 atom stereocenters. The zero-order chi connectivity index (χ0) is 17.4. The largest absolute Gasteiger partial charge is 0.391 e. The molecule has 4 heteroatoms. The van der Waals surface area contributed by atoms with Gasteiger partial charge in [0.25, 0.3) is 0 Å². The molecule has 2 aromatic rings. The minimum atomic E-state index is -0.254. The SMILES string of the molecule is Cc1ccccc1N1CCN([C@@H]2Cc3c(I)cccc3C[C@H]2O)CC1. The molecule has 2 aliphatic rings. The maximum atomic E-state index is 10.7. The van der Waals surface area contributed by atoms with Gasteiger partial charge in [-0.2, -0.15) is 0 Å². The van der Waals surface area contributed by atoms with Gasteiger partial charge in [-0.25, -0.2) is 0 Å².